The smallest absolute Gasteiger partial charge is 0.232 e. The number of nitrogens with zero attached hydrogens (tertiary/aromatic N) is 1. The summed E-state index contributed by atoms with van der Waals surface area (Å²) in [5.41, 5.74) is 0. The van der Waals surface area contributed by atoms with Crippen molar-refractivity contribution in [3.05, 3.63) is 29.3 Å². The van der Waals surface area contributed by atoms with Crippen LogP contribution in [0.2, 0.25) is 5.02 Å². The van der Waals surface area contributed by atoms with E-state index in [1.807, 2.05) is 29.2 Å². The molecule has 0 spiro atoms. The molecule has 20 heavy (non-hydrogen) atoms. The summed E-state index contributed by atoms with van der Waals surface area (Å²) in [5, 5.41) is 10.6. The number of aliphatic hydroxyl groups is 1. The van der Waals surface area contributed by atoms with Crippen LogP contribution in [-0.2, 0) is 4.79 Å². The second-order valence-electron chi connectivity index (χ2n) is 5.59. The number of amides is 1. The highest BCUT2D eigenvalue weighted by molar-refractivity contribution is 8.00. The Kier molecular flexibility index (Phi) is 4.24. The summed E-state index contributed by atoms with van der Waals surface area (Å²) < 4.78 is 0. The highest BCUT2D eigenvalue weighted by atomic mass is 35.5. The first kappa shape index (κ1) is 14.2. The number of aliphatic hydroxyl groups excluding tert-OH is 1. The zero-order chi connectivity index (χ0) is 14.1. The first-order chi connectivity index (χ1) is 9.65. The molecule has 0 radical (unpaired) electrons. The lowest BCUT2D eigenvalue weighted by atomic mass is 10.00. The van der Waals surface area contributed by atoms with Crippen molar-refractivity contribution in [3.63, 3.8) is 0 Å². The minimum Gasteiger partial charge on any atom is -0.393 e. The highest BCUT2D eigenvalue weighted by Gasteiger charge is 2.43. The number of halogens is 1. The molecule has 1 heterocycles. The lowest BCUT2D eigenvalue weighted by Gasteiger charge is -2.18. The van der Waals surface area contributed by atoms with Crippen LogP contribution in [0.3, 0.4) is 0 Å². The van der Waals surface area contributed by atoms with Crippen LogP contribution in [-0.4, -0.2) is 40.9 Å². The van der Waals surface area contributed by atoms with Gasteiger partial charge in [0, 0.05) is 23.9 Å². The van der Waals surface area contributed by atoms with Crippen molar-refractivity contribution in [1.82, 2.24) is 4.90 Å². The van der Waals surface area contributed by atoms with Gasteiger partial charge >= 0.3 is 0 Å². The number of carbonyl (C=O) groups excluding carboxylic acids is 1. The maximum absolute atomic E-state index is 12.2. The van der Waals surface area contributed by atoms with E-state index in [0.29, 0.717) is 29.2 Å². The molecule has 0 bridgehead atoms. The van der Waals surface area contributed by atoms with E-state index < -0.39 is 0 Å². The average Bonchev–Trinajstić information content (AvgIpc) is 3.00. The summed E-state index contributed by atoms with van der Waals surface area (Å²) >= 11 is 7.57. The van der Waals surface area contributed by atoms with E-state index in [-0.39, 0.29) is 12.0 Å². The predicted molar refractivity (Wildman–Crippen MR) is 81.0 cm³/mol. The molecule has 3 rings (SSSR count). The molecule has 1 amide bonds. The van der Waals surface area contributed by atoms with Crippen LogP contribution in [0.25, 0.3) is 0 Å². The fraction of sp³-hybridized carbons (Fsp3) is 0.533. The minimum atomic E-state index is -0.214. The molecule has 1 saturated heterocycles. The second-order valence-corrected chi connectivity index (χ2v) is 7.01. The third kappa shape index (κ3) is 2.83. The van der Waals surface area contributed by atoms with E-state index in [1.54, 1.807) is 0 Å². The Labute approximate surface area is 128 Å². The normalized spacial score (nSPS) is 28.7. The van der Waals surface area contributed by atoms with Crippen LogP contribution in [0.15, 0.2) is 29.2 Å². The Morgan fingerprint density at radius 3 is 2.90 bits per heavy atom. The Morgan fingerprint density at radius 2 is 2.15 bits per heavy atom. The molecule has 3 nitrogen and oxygen atoms in total. The van der Waals surface area contributed by atoms with E-state index in [9.17, 15) is 9.90 Å². The number of likely N-dealkylation sites (tertiary alicyclic amines) is 1. The Hall–Kier alpha value is -0.710. The number of fused-ring (bicyclic) bond motifs is 1. The van der Waals surface area contributed by atoms with Crippen LogP contribution in [0.4, 0.5) is 0 Å². The average molecular weight is 312 g/mol. The van der Waals surface area contributed by atoms with Gasteiger partial charge in [-0.2, -0.15) is 0 Å². The van der Waals surface area contributed by atoms with E-state index in [1.165, 1.54) is 11.8 Å². The minimum absolute atomic E-state index is 0.150. The van der Waals surface area contributed by atoms with Gasteiger partial charge in [0.1, 0.15) is 0 Å². The van der Waals surface area contributed by atoms with Gasteiger partial charge < -0.3 is 10.0 Å². The lowest BCUT2D eigenvalue weighted by Crippen LogP contribution is -2.32. The first-order valence-electron chi connectivity index (χ1n) is 6.98. The highest BCUT2D eigenvalue weighted by Crippen LogP contribution is 2.38. The van der Waals surface area contributed by atoms with Crippen molar-refractivity contribution in [2.45, 2.75) is 23.8 Å². The molecule has 1 aromatic carbocycles. The van der Waals surface area contributed by atoms with Gasteiger partial charge in [-0.3, -0.25) is 4.79 Å². The maximum atomic E-state index is 12.2. The zero-order valence-corrected chi connectivity index (χ0v) is 12.7. The summed E-state index contributed by atoms with van der Waals surface area (Å²) in [6.45, 7) is 1.53. The monoisotopic (exact) mass is 311 g/mol. The van der Waals surface area contributed by atoms with Crippen LogP contribution >= 0.6 is 23.4 Å². The summed E-state index contributed by atoms with van der Waals surface area (Å²) in [7, 11) is 0. The molecule has 2 aliphatic rings. The first-order valence-corrected chi connectivity index (χ1v) is 8.34. The molecule has 108 valence electrons. The fourth-order valence-corrected chi connectivity index (χ4v) is 4.37. The van der Waals surface area contributed by atoms with Gasteiger partial charge in [-0.05, 0) is 30.9 Å². The van der Waals surface area contributed by atoms with E-state index in [2.05, 4.69) is 0 Å². The van der Waals surface area contributed by atoms with Crippen LogP contribution < -0.4 is 0 Å². The van der Waals surface area contributed by atoms with Crippen molar-refractivity contribution < 1.29 is 9.90 Å². The summed E-state index contributed by atoms with van der Waals surface area (Å²) in [4.78, 5) is 15.1. The molecule has 5 heteroatoms. The summed E-state index contributed by atoms with van der Waals surface area (Å²) in [6.07, 6.45) is 1.73. The molecule has 2 fully saturated rings. The number of thioether (sulfide) groups is 1. The zero-order valence-electron chi connectivity index (χ0n) is 11.2. The number of rotatable bonds is 3. The van der Waals surface area contributed by atoms with Gasteiger partial charge in [0.15, 0.2) is 0 Å². The van der Waals surface area contributed by atoms with Crippen molar-refractivity contribution in [2.24, 2.45) is 11.8 Å². The molecule has 3 atom stereocenters. The largest absolute Gasteiger partial charge is 0.393 e. The summed E-state index contributed by atoms with van der Waals surface area (Å²) in [5.74, 6) is 1.36. The third-order valence-electron chi connectivity index (χ3n) is 4.36. The van der Waals surface area contributed by atoms with Crippen molar-refractivity contribution in [1.29, 1.82) is 0 Å². The molecular weight excluding hydrogens is 294 g/mol. The van der Waals surface area contributed by atoms with Gasteiger partial charge in [0.05, 0.1) is 16.9 Å². The van der Waals surface area contributed by atoms with Gasteiger partial charge in [-0.15, -0.1) is 11.8 Å². The second kappa shape index (κ2) is 5.96. The van der Waals surface area contributed by atoms with E-state index >= 15 is 0 Å². The summed E-state index contributed by atoms with van der Waals surface area (Å²) in [6, 6.07) is 7.58. The third-order valence-corrected chi connectivity index (χ3v) is 5.86. The molecule has 0 aromatic heterocycles. The van der Waals surface area contributed by atoms with Gasteiger partial charge in [0.2, 0.25) is 5.91 Å². The van der Waals surface area contributed by atoms with Gasteiger partial charge in [-0.1, -0.05) is 23.7 Å². The number of hydrogen-bond acceptors (Lipinski definition) is 3. The molecular formula is C15H18ClNO2S. The van der Waals surface area contributed by atoms with Gasteiger partial charge in [-0.25, -0.2) is 0 Å². The Morgan fingerprint density at radius 1 is 1.35 bits per heavy atom. The van der Waals surface area contributed by atoms with Gasteiger partial charge in [0.25, 0.3) is 0 Å². The molecule has 1 N–H and O–H groups in total. The number of hydrogen-bond donors (Lipinski definition) is 1. The van der Waals surface area contributed by atoms with Crippen LogP contribution in [0.1, 0.15) is 12.8 Å². The number of carbonyl (C=O) groups is 1. The van der Waals surface area contributed by atoms with Crippen LogP contribution in [0.5, 0.6) is 0 Å². The maximum Gasteiger partial charge on any atom is 0.232 e. The Bertz CT molecular complexity index is 510. The fourth-order valence-electron chi connectivity index (χ4n) is 3.23. The van der Waals surface area contributed by atoms with Crippen molar-refractivity contribution >= 4 is 29.3 Å². The molecule has 3 unspecified atom stereocenters. The van der Waals surface area contributed by atoms with E-state index in [0.717, 1.165) is 24.3 Å². The molecule has 1 aliphatic heterocycles. The molecule has 1 aliphatic carbocycles. The van der Waals surface area contributed by atoms with Crippen molar-refractivity contribution in [2.75, 3.05) is 18.8 Å². The molecule has 1 aromatic rings. The predicted octanol–water partition coefficient (Wildman–Crippen LogP) is 2.66. The topological polar surface area (TPSA) is 40.5 Å². The lowest BCUT2D eigenvalue weighted by molar-refractivity contribution is -0.127. The van der Waals surface area contributed by atoms with Crippen molar-refractivity contribution in [3.8, 4) is 0 Å². The number of benzene rings is 1. The standard InChI is InChI=1S/C15H18ClNO2S/c16-12-3-1-2-4-14(12)20-9-15(19)17-7-10-5-6-13(18)11(10)8-17/h1-4,10-11,13,18H,5-9H2. The SMILES string of the molecule is O=C(CSc1ccccc1Cl)N1CC2CCC(O)C2C1. The Balaban J connectivity index is 1.55. The van der Waals surface area contributed by atoms with Crippen LogP contribution in [0, 0.1) is 11.8 Å². The molecule has 1 saturated carbocycles. The quantitative estimate of drug-likeness (QED) is 0.873. The van der Waals surface area contributed by atoms with E-state index in [4.69, 9.17) is 11.6 Å².